The van der Waals surface area contributed by atoms with E-state index in [-0.39, 0.29) is 11.3 Å². The second-order valence-corrected chi connectivity index (χ2v) is 5.01. The molecule has 0 saturated carbocycles. The number of aromatic carboxylic acids is 1. The van der Waals surface area contributed by atoms with Gasteiger partial charge in [0.25, 0.3) is 0 Å². The molecule has 0 bridgehead atoms. The Morgan fingerprint density at radius 1 is 1.00 bits per heavy atom. The molecule has 100 valence electrons. The summed E-state index contributed by atoms with van der Waals surface area (Å²) in [5, 5.41) is 9.05. The summed E-state index contributed by atoms with van der Waals surface area (Å²) in [5.74, 6) is -1.18. The fourth-order valence-corrected chi connectivity index (χ4v) is 1.98. The number of carboxylic acids is 1. The molecule has 1 N–H and O–H groups in total. The van der Waals surface area contributed by atoms with Crippen LogP contribution >= 0.6 is 15.9 Å². The van der Waals surface area contributed by atoms with Crippen molar-refractivity contribution in [3.8, 4) is 0 Å². The average Bonchev–Trinajstić information content (AvgIpc) is 2.45. The molecule has 0 atom stereocenters. The predicted octanol–water partition coefficient (Wildman–Crippen LogP) is 4.04. The third kappa shape index (κ3) is 3.42. The molecular weight excluding hydrogens is 320 g/mol. The van der Waals surface area contributed by atoms with Crippen molar-refractivity contribution in [3.05, 3.63) is 75.8 Å². The van der Waals surface area contributed by atoms with Gasteiger partial charge in [0.2, 0.25) is 0 Å². The molecule has 0 aliphatic rings. The van der Waals surface area contributed by atoms with Crippen LogP contribution in [0.4, 0.5) is 0 Å². The lowest BCUT2D eigenvalue weighted by molar-refractivity contribution is 0.0696. The summed E-state index contributed by atoms with van der Waals surface area (Å²) in [6.45, 7) is 0. The van der Waals surface area contributed by atoms with Gasteiger partial charge in [-0.25, -0.2) is 4.79 Å². The maximum Gasteiger partial charge on any atom is 0.336 e. The summed E-state index contributed by atoms with van der Waals surface area (Å²) in [4.78, 5) is 23.0. The van der Waals surface area contributed by atoms with Gasteiger partial charge in [-0.05, 0) is 42.0 Å². The van der Waals surface area contributed by atoms with E-state index in [2.05, 4.69) is 15.9 Å². The highest BCUT2D eigenvalue weighted by molar-refractivity contribution is 9.10. The topological polar surface area (TPSA) is 54.4 Å². The maximum absolute atomic E-state index is 12.0. The number of allylic oxidation sites excluding steroid dienone is 1. The van der Waals surface area contributed by atoms with Crippen molar-refractivity contribution in [3.63, 3.8) is 0 Å². The predicted molar refractivity (Wildman–Crippen MR) is 80.9 cm³/mol. The highest BCUT2D eigenvalue weighted by atomic mass is 79.9. The smallest absolute Gasteiger partial charge is 0.336 e. The number of carbonyl (C=O) groups excluding carboxylic acids is 1. The van der Waals surface area contributed by atoms with Gasteiger partial charge in [0, 0.05) is 10.0 Å². The van der Waals surface area contributed by atoms with Gasteiger partial charge in [0.05, 0.1) is 5.56 Å². The summed E-state index contributed by atoms with van der Waals surface area (Å²) in [6, 6.07) is 13.5. The number of hydrogen-bond donors (Lipinski definition) is 1. The van der Waals surface area contributed by atoms with Gasteiger partial charge in [-0.2, -0.15) is 0 Å². The van der Waals surface area contributed by atoms with Crippen LogP contribution in [0.25, 0.3) is 6.08 Å². The minimum atomic E-state index is -1.01. The van der Waals surface area contributed by atoms with E-state index in [1.54, 1.807) is 42.5 Å². The molecule has 3 nitrogen and oxygen atoms in total. The minimum Gasteiger partial charge on any atom is -0.478 e. The Morgan fingerprint density at radius 2 is 1.65 bits per heavy atom. The van der Waals surface area contributed by atoms with Gasteiger partial charge in [-0.3, -0.25) is 4.79 Å². The average molecular weight is 331 g/mol. The zero-order valence-electron chi connectivity index (χ0n) is 10.4. The van der Waals surface area contributed by atoms with Crippen LogP contribution in [0, 0.1) is 0 Å². The highest BCUT2D eigenvalue weighted by Gasteiger charge is 2.07. The van der Waals surface area contributed by atoms with Gasteiger partial charge < -0.3 is 5.11 Å². The number of carboxylic acid groups (broad SMARTS) is 1. The standard InChI is InChI=1S/C16H11BrO3/c17-13-8-5-12(6-9-13)15(18)10-7-11-3-1-2-4-14(11)16(19)20/h1-10H,(H,19,20)/b10-7+. The first kappa shape index (κ1) is 14.2. The first-order valence-corrected chi connectivity index (χ1v) is 6.67. The van der Waals surface area contributed by atoms with E-state index in [1.165, 1.54) is 18.2 Å². The molecule has 0 amide bonds. The molecule has 20 heavy (non-hydrogen) atoms. The monoisotopic (exact) mass is 330 g/mol. The van der Waals surface area contributed by atoms with Gasteiger partial charge in [-0.1, -0.05) is 40.2 Å². The first-order valence-electron chi connectivity index (χ1n) is 5.88. The Hall–Kier alpha value is -2.20. The normalized spacial score (nSPS) is 10.7. The van der Waals surface area contributed by atoms with E-state index >= 15 is 0 Å². The molecule has 0 aliphatic carbocycles. The summed E-state index contributed by atoms with van der Waals surface area (Å²) in [5.41, 5.74) is 1.23. The van der Waals surface area contributed by atoms with Crippen LogP contribution in [-0.4, -0.2) is 16.9 Å². The molecule has 0 fully saturated rings. The van der Waals surface area contributed by atoms with Crippen molar-refractivity contribution >= 4 is 33.8 Å². The van der Waals surface area contributed by atoms with Crippen LogP contribution in [0.2, 0.25) is 0 Å². The summed E-state index contributed by atoms with van der Waals surface area (Å²) in [7, 11) is 0. The van der Waals surface area contributed by atoms with Crippen LogP contribution in [0.15, 0.2) is 59.1 Å². The lowest BCUT2D eigenvalue weighted by Crippen LogP contribution is -1.99. The summed E-state index contributed by atoms with van der Waals surface area (Å²) >= 11 is 3.30. The molecule has 0 spiro atoms. The van der Waals surface area contributed by atoms with E-state index in [1.807, 2.05) is 0 Å². The van der Waals surface area contributed by atoms with Crippen LogP contribution in [0.3, 0.4) is 0 Å². The van der Waals surface area contributed by atoms with Crippen molar-refractivity contribution in [1.82, 2.24) is 0 Å². The van der Waals surface area contributed by atoms with E-state index < -0.39 is 5.97 Å². The molecule has 0 aliphatic heterocycles. The zero-order chi connectivity index (χ0) is 14.5. The number of carbonyl (C=O) groups is 2. The first-order chi connectivity index (χ1) is 9.58. The van der Waals surface area contributed by atoms with Gasteiger partial charge in [0.1, 0.15) is 0 Å². The lowest BCUT2D eigenvalue weighted by Gasteiger charge is -2.00. The van der Waals surface area contributed by atoms with Gasteiger partial charge in [0.15, 0.2) is 5.78 Å². The van der Waals surface area contributed by atoms with Crippen molar-refractivity contribution in [2.24, 2.45) is 0 Å². The lowest BCUT2D eigenvalue weighted by atomic mass is 10.1. The molecule has 2 aromatic rings. The fraction of sp³-hybridized carbons (Fsp3) is 0. The third-order valence-electron chi connectivity index (χ3n) is 2.73. The molecule has 4 heteroatoms. The van der Waals surface area contributed by atoms with E-state index in [0.29, 0.717) is 11.1 Å². The molecule has 2 rings (SSSR count). The van der Waals surface area contributed by atoms with Crippen LogP contribution in [0.5, 0.6) is 0 Å². The van der Waals surface area contributed by atoms with Gasteiger partial charge >= 0.3 is 5.97 Å². The Labute approximate surface area is 124 Å². The van der Waals surface area contributed by atoms with Crippen LogP contribution < -0.4 is 0 Å². The number of benzene rings is 2. The largest absolute Gasteiger partial charge is 0.478 e. The fourth-order valence-electron chi connectivity index (χ4n) is 1.71. The molecule has 2 aromatic carbocycles. The Kier molecular flexibility index (Phi) is 4.48. The second-order valence-electron chi connectivity index (χ2n) is 4.10. The Bertz CT molecular complexity index is 672. The quantitative estimate of drug-likeness (QED) is 0.679. The Morgan fingerprint density at radius 3 is 2.30 bits per heavy atom. The second kappa shape index (κ2) is 6.30. The Balaban J connectivity index is 2.23. The van der Waals surface area contributed by atoms with Crippen LogP contribution in [-0.2, 0) is 0 Å². The molecule has 0 radical (unpaired) electrons. The molecule has 0 aromatic heterocycles. The molecular formula is C16H11BrO3. The SMILES string of the molecule is O=C(/C=C/c1ccccc1C(=O)O)c1ccc(Br)cc1. The third-order valence-corrected chi connectivity index (χ3v) is 3.26. The highest BCUT2D eigenvalue weighted by Crippen LogP contribution is 2.14. The number of hydrogen-bond acceptors (Lipinski definition) is 2. The molecule has 0 unspecified atom stereocenters. The van der Waals surface area contributed by atoms with Crippen molar-refractivity contribution in [2.75, 3.05) is 0 Å². The summed E-state index contributed by atoms with van der Waals surface area (Å²) < 4.78 is 0.897. The number of halogens is 1. The summed E-state index contributed by atoms with van der Waals surface area (Å²) in [6.07, 6.45) is 2.90. The van der Waals surface area contributed by atoms with Crippen molar-refractivity contribution in [1.29, 1.82) is 0 Å². The molecule has 0 heterocycles. The van der Waals surface area contributed by atoms with Gasteiger partial charge in [-0.15, -0.1) is 0 Å². The van der Waals surface area contributed by atoms with Crippen molar-refractivity contribution < 1.29 is 14.7 Å². The van der Waals surface area contributed by atoms with E-state index in [0.717, 1.165) is 4.47 Å². The zero-order valence-corrected chi connectivity index (χ0v) is 12.0. The van der Waals surface area contributed by atoms with E-state index in [9.17, 15) is 9.59 Å². The maximum atomic E-state index is 12.0. The number of ketones is 1. The molecule has 0 saturated heterocycles. The minimum absolute atomic E-state index is 0.169. The number of rotatable bonds is 4. The van der Waals surface area contributed by atoms with Crippen molar-refractivity contribution in [2.45, 2.75) is 0 Å². The van der Waals surface area contributed by atoms with E-state index in [4.69, 9.17) is 5.11 Å². The van der Waals surface area contributed by atoms with Crippen LogP contribution in [0.1, 0.15) is 26.3 Å².